The van der Waals surface area contributed by atoms with E-state index in [1.54, 1.807) is 0 Å². The Balaban J connectivity index is 1.56. The third kappa shape index (κ3) is 5.07. The fourth-order valence-electron chi connectivity index (χ4n) is 3.33. The molecule has 3 rings (SSSR count). The van der Waals surface area contributed by atoms with Gasteiger partial charge in [0.05, 0.1) is 6.04 Å². The summed E-state index contributed by atoms with van der Waals surface area (Å²) in [4.78, 5) is 14.7. The minimum Gasteiger partial charge on any atom is -0.336 e. The molecule has 1 aliphatic heterocycles. The normalized spacial score (nSPS) is 15.7. The highest BCUT2D eigenvalue weighted by molar-refractivity contribution is 5.73. The van der Waals surface area contributed by atoms with E-state index in [1.165, 1.54) is 24.0 Å². The molecule has 1 saturated heterocycles. The second-order valence-electron chi connectivity index (χ2n) is 6.72. The van der Waals surface area contributed by atoms with Crippen LogP contribution in [-0.4, -0.2) is 30.6 Å². The Kier molecular flexibility index (Phi) is 6.07. The first-order chi connectivity index (χ1) is 12.2. The molecule has 1 fully saturated rings. The molecule has 2 amide bonds. The molecule has 1 atom stereocenters. The van der Waals surface area contributed by atoms with Crippen LogP contribution in [0.15, 0.2) is 54.6 Å². The van der Waals surface area contributed by atoms with Gasteiger partial charge in [0, 0.05) is 13.1 Å². The van der Waals surface area contributed by atoms with Gasteiger partial charge >= 0.3 is 6.03 Å². The first kappa shape index (κ1) is 17.5. The minimum absolute atomic E-state index is 0.111. The van der Waals surface area contributed by atoms with Crippen LogP contribution in [0.4, 0.5) is 4.79 Å². The number of hydrogen-bond acceptors (Lipinski definition) is 2. The zero-order chi connectivity index (χ0) is 17.5. The molecule has 1 unspecified atom stereocenters. The number of likely N-dealkylation sites (tertiary alicyclic amines) is 1. The molecule has 0 bridgehead atoms. The van der Waals surface area contributed by atoms with Crippen molar-refractivity contribution in [2.24, 2.45) is 0 Å². The smallest absolute Gasteiger partial charge is 0.315 e. The lowest BCUT2D eigenvalue weighted by Crippen LogP contribution is -2.41. The van der Waals surface area contributed by atoms with E-state index in [0.29, 0.717) is 13.1 Å². The summed E-state index contributed by atoms with van der Waals surface area (Å²) in [6.07, 6.45) is 2.48. The fourth-order valence-corrected chi connectivity index (χ4v) is 3.33. The van der Waals surface area contributed by atoms with E-state index in [1.807, 2.05) is 30.3 Å². The predicted molar refractivity (Wildman–Crippen MR) is 101 cm³/mol. The van der Waals surface area contributed by atoms with E-state index >= 15 is 0 Å². The molecular formula is C21H27N3O. The quantitative estimate of drug-likeness (QED) is 0.845. The fraction of sp³-hybridized carbons (Fsp3) is 0.381. The number of rotatable bonds is 6. The van der Waals surface area contributed by atoms with Crippen LogP contribution in [0.2, 0.25) is 0 Å². The van der Waals surface area contributed by atoms with E-state index in [0.717, 1.165) is 18.7 Å². The van der Waals surface area contributed by atoms with Crippen molar-refractivity contribution in [3.8, 4) is 0 Å². The summed E-state index contributed by atoms with van der Waals surface area (Å²) < 4.78 is 0. The molecule has 0 radical (unpaired) electrons. The summed E-state index contributed by atoms with van der Waals surface area (Å²) in [5.74, 6) is 0. The number of nitrogens with one attached hydrogen (secondary N) is 2. The van der Waals surface area contributed by atoms with Gasteiger partial charge in [-0.15, -0.1) is 0 Å². The largest absolute Gasteiger partial charge is 0.336 e. The number of amides is 2. The van der Waals surface area contributed by atoms with E-state index in [9.17, 15) is 4.79 Å². The highest BCUT2D eigenvalue weighted by Crippen LogP contribution is 2.24. The first-order valence-electron chi connectivity index (χ1n) is 9.08. The molecule has 4 heteroatoms. The second-order valence-corrected chi connectivity index (χ2v) is 6.72. The van der Waals surface area contributed by atoms with Crippen molar-refractivity contribution in [1.29, 1.82) is 0 Å². The third-order valence-electron chi connectivity index (χ3n) is 4.80. The number of hydrogen-bond donors (Lipinski definition) is 2. The summed E-state index contributed by atoms with van der Waals surface area (Å²) in [7, 11) is 0. The van der Waals surface area contributed by atoms with E-state index in [4.69, 9.17) is 0 Å². The molecule has 0 aromatic heterocycles. The molecule has 4 nitrogen and oxygen atoms in total. The van der Waals surface area contributed by atoms with Gasteiger partial charge in [0.2, 0.25) is 0 Å². The topological polar surface area (TPSA) is 44.4 Å². The molecule has 1 aliphatic rings. The minimum atomic E-state index is -0.111. The molecule has 2 aromatic carbocycles. The summed E-state index contributed by atoms with van der Waals surface area (Å²) in [6, 6.07) is 18.8. The standard InChI is InChI=1S/C21H27N3O/c1-17-9-11-19(12-10-17)20(24-13-5-6-14-24)16-23-21(25)22-15-18-7-3-2-4-8-18/h2-4,7-12,20H,5-6,13-16H2,1H3,(H2,22,23,25). The highest BCUT2D eigenvalue weighted by atomic mass is 16.2. The Hall–Kier alpha value is -2.33. The van der Waals surface area contributed by atoms with Gasteiger partial charge in [0.25, 0.3) is 0 Å². The van der Waals surface area contributed by atoms with Crippen molar-refractivity contribution in [2.45, 2.75) is 32.4 Å². The molecule has 132 valence electrons. The van der Waals surface area contributed by atoms with Gasteiger partial charge in [0.1, 0.15) is 0 Å². The average Bonchev–Trinajstić information content (AvgIpc) is 3.17. The molecular weight excluding hydrogens is 310 g/mol. The monoisotopic (exact) mass is 337 g/mol. The molecule has 0 saturated carbocycles. The summed E-state index contributed by atoms with van der Waals surface area (Å²) in [5.41, 5.74) is 3.64. The number of carbonyl (C=O) groups is 1. The number of urea groups is 1. The van der Waals surface area contributed by atoms with E-state index < -0.39 is 0 Å². The molecule has 2 N–H and O–H groups in total. The lowest BCUT2D eigenvalue weighted by molar-refractivity contribution is 0.220. The van der Waals surface area contributed by atoms with Crippen LogP contribution in [0, 0.1) is 6.92 Å². The van der Waals surface area contributed by atoms with Crippen molar-refractivity contribution < 1.29 is 4.79 Å². The van der Waals surface area contributed by atoms with Crippen molar-refractivity contribution in [3.05, 3.63) is 71.3 Å². The summed E-state index contributed by atoms with van der Waals surface area (Å²) >= 11 is 0. The zero-order valence-electron chi connectivity index (χ0n) is 14.9. The van der Waals surface area contributed by atoms with Gasteiger partial charge in [-0.2, -0.15) is 0 Å². The second kappa shape index (κ2) is 8.67. The van der Waals surface area contributed by atoms with E-state index in [-0.39, 0.29) is 12.1 Å². The Morgan fingerprint density at radius 1 is 1.00 bits per heavy atom. The van der Waals surface area contributed by atoms with Gasteiger partial charge in [0.15, 0.2) is 0 Å². The van der Waals surface area contributed by atoms with Crippen LogP contribution in [-0.2, 0) is 6.54 Å². The lowest BCUT2D eigenvalue weighted by Gasteiger charge is -2.28. The van der Waals surface area contributed by atoms with Crippen molar-refractivity contribution in [1.82, 2.24) is 15.5 Å². The number of carbonyl (C=O) groups excluding carboxylic acids is 1. The van der Waals surface area contributed by atoms with Crippen molar-refractivity contribution >= 4 is 6.03 Å². The van der Waals surface area contributed by atoms with Gasteiger partial charge < -0.3 is 10.6 Å². The van der Waals surface area contributed by atoms with Gasteiger partial charge in [-0.05, 0) is 44.0 Å². The Bertz CT molecular complexity index is 663. The van der Waals surface area contributed by atoms with Gasteiger partial charge in [-0.25, -0.2) is 4.79 Å². The maximum Gasteiger partial charge on any atom is 0.315 e. The third-order valence-corrected chi connectivity index (χ3v) is 4.80. The maximum absolute atomic E-state index is 12.2. The molecule has 0 aliphatic carbocycles. The molecule has 1 heterocycles. The van der Waals surface area contributed by atoms with Crippen LogP contribution < -0.4 is 10.6 Å². The van der Waals surface area contributed by atoms with Crippen LogP contribution in [0.3, 0.4) is 0 Å². The number of benzene rings is 2. The summed E-state index contributed by atoms with van der Waals surface area (Å²) in [6.45, 7) is 5.48. The predicted octanol–water partition coefficient (Wildman–Crippen LogP) is 3.63. The van der Waals surface area contributed by atoms with Crippen LogP contribution in [0.5, 0.6) is 0 Å². The maximum atomic E-state index is 12.2. The molecule has 0 spiro atoms. The van der Waals surface area contributed by atoms with Gasteiger partial charge in [-0.1, -0.05) is 60.2 Å². The molecule has 2 aromatic rings. The van der Waals surface area contributed by atoms with Crippen molar-refractivity contribution in [3.63, 3.8) is 0 Å². The molecule has 25 heavy (non-hydrogen) atoms. The van der Waals surface area contributed by atoms with Crippen LogP contribution >= 0.6 is 0 Å². The Labute approximate surface area is 150 Å². The van der Waals surface area contributed by atoms with Crippen molar-refractivity contribution in [2.75, 3.05) is 19.6 Å². The van der Waals surface area contributed by atoms with E-state index in [2.05, 4.69) is 46.7 Å². The lowest BCUT2D eigenvalue weighted by atomic mass is 10.0. The number of nitrogens with zero attached hydrogens (tertiary/aromatic N) is 1. The summed E-state index contributed by atoms with van der Waals surface area (Å²) in [5, 5.41) is 5.99. The van der Waals surface area contributed by atoms with Crippen LogP contribution in [0.1, 0.15) is 35.6 Å². The zero-order valence-corrected chi connectivity index (χ0v) is 14.9. The highest BCUT2D eigenvalue weighted by Gasteiger charge is 2.23. The number of aryl methyl sites for hydroxylation is 1. The Morgan fingerprint density at radius 2 is 1.68 bits per heavy atom. The van der Waals surface area contributed by atoms with Crippen LogP contribution in [0.25, 0.3) is 0 Å². The first-order valence-corrected chi connectivity index (χ1v) is 9.08. The Morgan fingerprint density at radius 3 is 2.36 bits per heavy atom. The average molecular weight is 337 g/mol. The SMILES string of the molecule is Cc1ccc(C(CNC(=O)NCc2ccccc2)N2CCCC2)cc1. The van der Waals surface area contributed by atoms with Gasteiger partial charge in [-0.3, -0.25) is 4.90 Å².